The Balaban J connectivity index is 1.71. The van der Waals surface area contributed by atoms with Crippen LogP contribution >= 0.6 is 11.8 Å². The third kappa shape index (κ3) is 10.9. The lowest BCUT2D eigenvalue weighted by Gasteiger charge is -2.18. The van der Waals surface area contributed by atoms with Crippen LogP contribution in [-0.4, -0.2) is 83.3 Å². The van der Waals surface area contributed by atoms with Crippen molar-refractivity contribution in [1.29, 1.82) is 0 Å². The summed E-state index contributed by atoms with van der Waals surface area (Å²) in [6.45, 7) is 5.23. The quantitative estimate of drug-likeness (QED) is 0.173. The lowest BCUT2D eigenvalue weighted by atomic mass is 9.91. The molecule has 1 amide bonds. The SMILES string of the molecule is CCN(CC)C(=O)COC(=O)CCCSCC[C@H]1C(=O)C[C@@H](O)[C@@H]1C=C[C@@H](O)Cc1cccc(COC)c1. The van der Waals surface area contributed by atoms with E-state index in [1.165, 1.54) is 0 Å². The van der Waals surface area contributed by atoms with Crippen LogP contribution in [-0.2, 0) is 36.9 Å². The molecule has 1 aromatic carbocycles. The highest BCUT2D eigenvalue weighted by molar-refractivity contribution is 7.99. The maximum Gasteiger partial charge on any atom is 0.306 e. The van der Waals surface area contributed by atoms with E-state index in [-0.39, 0.29) is 48.9 Å². The van der Waals surface area contributed by atoms with Crippen LogP contribution in [0.3, 0.4) is 0 Å². The van der Waals surface area contributed by atoms with Crippen LogP contribution < -0.4 is 0 Å². The fourth-order valence-electron chi connectivity index (χ4n) is 4.68. The van der Waals surface area contributed by atoms with E-state index < -0.39 is 12.2 Å². The predicted molar refractivity (Wildman–Crippen MR) is 149 cm³/mol. The molecule has 38 heavy (non-hydrogen) atoms. The third-order valence-corrected chi connectivity index (χ3v) is 7.85. The summed E-state index contributed by atoms with van der Waals surface area (Å²) in [4.78, 5) is 37.9. The summed E-state index contributed by atoms with van der Waals surface area (Å²) in [7, 11) is 1.64. The van der Waals surface area contributed by atoms with Crippen molar-refractivity contribution in [2.75, 3.05) is 38.3 Å². The van der Waals surface area contributed by atoms with Crippen LogP contribution in [0.25, 0.3) is 0 Å². The van der Waals surface area contributed by atoms with Crippen molar-refractivity contribution < 1.29 is 34.1 Å². The monoisotopic (exact) mass is 549 g/mol. The largest absolute Gasteiger partial charge is 0.456 e. The van der Waals surface area contributed by atoms with E-state index in [0.29, 0.717) is 39.0 Å². The summed E-state index contributed by atoms with van der Waals surface area (Å²) in [6, 6.07) is 7.86. The van der Waals surface area contributed by atoms with E-state index in [9.17, 15) is 24.6 Å². The molecule has 0 radical (unpaired) electrons. The first-order valence-corrected chi connectivity index (χ1v) is 14.6. The molecule has 0 spiro atoms. The topological polar surface area (TPSA) is 113 Å². The molecule has 2 N–H and O–H groups in total. The van der Waals surface area contributed by atoms with E-state index >= 15 is 0 Å². The molecule has 0 aliphatic heterocycles. The van der Waals surface area contributed by atoms with Crippen molar-refractivity contribution in [3.05, 3.63) is 47.5 Å². The number of ketones is 1. The van der Waals surface area contributed by atoms with Gasteiger partial charge >= 0.3 is 5.97 Å². The van der Waals surface area contributed by atoms with E-state index in [2.05, 4.69) is 0 Å². The summed E-state index contributed by atoms with van der Waals surface area (Å²) < 4.78 is 10.2. The fourth-order valence-corrected chi connectivity index (χ4v) is 5.66. The Hall–Kier alpha value is -2.20. The maximum absolute atomic E-state index is 12.5. The van der Waals surface area contributed by atoms with Gasteiger partial charge in [0, 0.05) is 51.3 Å². The van der Waals surface area contributed by atoms with Gasteiger partial charge in [0.05, 0.1) is 18.8 Å². The second-order valence-corrected chi connectivity index (χ2v) is 10.8. The second kappa shape index (κ2) is 17.4. The first kappa shape index (κ1) is 32.0. The Morgan fingerprint density at radius 3 is 2.66 bits per heavy atom. The highest BCUT2D eigenvalue weighted by Crippen LogP contribution is 2.34. The number of carbonyl (C=O) groups is 3. The van der Waals surface area contributed by atoms with Crippen molar-refractivity contribution in [3.63, 3.8) is 0 Å². The van der Waals surface area contributed by atoms with Crippen molar-refractivity contribution in [2.24, 2.45) is 11.8 Å². The number of amides is 1. The molecule has 2 rings (SSSR count). The molecule has 1 aliphatic carbocycles. The maximum atomic E-state index is 12.5. The van der Waals surface area contributed by atoms with E-state index in [1.807, 2.05) is 38.1 Å². The molecule has 0 heterocycles. The number of esters is 1. The number of aliphatic hydroxyl groups excluding tert-OH is 2. The number of methoxy groups -OCH3 is 1. The Morgan fingerprint density at radius 1 is 1.21 bits per heavy atom. The van der Waals surface area contributed by atoms with Gasteiger partial charge in [-0.2, -0.15) is 11.8 Å². The molecule has 0 aromatic heterocycles. The Morgan fingerprint density at radius 2 is 1.95 bits per heavy atom. The van der Waals surface area contributed by atoms with E-state index in [1.54, 1.807) is 35.9 Å². The molecule has 212 valence electrons. The molecule has 0 unspecified atom stereocenters. The summed E-state index contributed by atoms with van der Waals surface area (Å²) in [5, 5.41) is 20.9. The Labute approximate surface area is 230 Å². The zero-order chi connectivity index (χ0) is 27.9. The number of likely N-dealkylation sites (N-methyl/N-ethyl adjacent to an activating group) is 1. The zero-order valence-electron chi connectivity index (χ0n) is 22.8. The molecule has 0 saturated heterocycles. The molecule has 4 atom stereocenters. The van der Waals surface area contributed by atoms with Crippen molar-refractivity contribution >= 4 is 29.4 Å². The molecule has 1 aliphatic rings. The normalized spacial score (nSPS) is 20.1. The van der Waals surface area contributed by atoms with Gasteiger partial charge in [0.1, 0.15) is 5.78 Å². The van der Waals surface area contributed by atoms with Gasteiger partial charge in [-0.3, -0.25) is 14.4 Å². The van der Waals surface area contributed by atoms with Gasteiger partial charge in [0.2, 0.25) is 0 Å². The number of hydrogen-bond donors (Lipinski definition) is 2. The fraction of sp³-hybridized carbons (Fsp3) is 0.621. The van der Waals surface area contributed by atoms with Crippen LogP contribution in [0.15, 0.2) is 36.4 Å². The second-order valence-electron chi connectivity index (χ2n) is 9.56. The summed E-state index contributed by atoms with van der Waals surface area (Å²) in [5.41, 5.74) is 2.03. The number of hydrogen-bond acceptors (Lipinski definition) is 8. The third-order valence-electron chi connectivity index (χ3n) is 6.75. The highest BCUT2D eigenvalue weighted by atomic mass is 32.2. The average molecular weight is 550 g/mol. The van der Waals surface area contributed by atoms with Crippen LogP contribution in [0.4, 0.5) is 0 Å². The van der Waals surface area contributed by atoms with Gasteiger partial charge in [-0.25, -0.2) is 0 Å². The lowest BCUT2D eigenvalue weighted by Crippen LogP contribution is -2.34. The summed E-state index contributed by atoms with van der Waals surface area (Å²) in [6.07, 6.45) is 4.12. The molecular formula is C29H43NO7S. The first-order valence-electron chi connectivity index (χ1n) is 13.4. The average Bonchev–Trinajstić information content (AvgIpc) is 3.16. The Bertz CT molecular complexity index is 918. The smallest absolute Gasteiger partial charge is 0.306 e. The molecule has 1 saturated carbocycles. The molecule has 8 nitrogen and oxygen atoms in total. The number of benzene rings is 1. The minimum atomic E-state index is -0.736. The van der Waals surface area contributed by atoms with Crippen molar-refractivity contribution in [1.82, 2.24) is 4.90 Å². The van der Waals surface area contributed by atoms with Crippen LogP contribution in [0.5, 0.6) is 0 Å². The predicted octanol–water partition coefficient (Wildman–Crippen LogP) is 3.17. The van der Waals surface area contributed by atoms with Gasteiger partial charge < -0.3 is 24.6 Å². The summed E-state index contributed by atoms with van der Waals surface area (Å²) >= 11 is 1.65. The molecule has 0 bridgehead atoms. The number of ether oxygens (including phenoxy) is 2. The first-order chi connectivity index (χ1) is 18.3. The minimum absolute atomic E-state index is 0.0518. The number of thioether (sulfide) groups is 1. The molecule has 1 aromatic rings. The number of nitrogens with zero attached hydrogens (tertiary/aromatic N) is 1. The van der Waals surface area contributed by atoms with Gasteiger partial charge in [-0.1, -0.05) is 36.4 Å². The van der Waals surface area contributed by atoms with Gasteiger partial charge in [-0.15, -0.1) is 0 Å². The van der Waals surface area contributed by atoms with Crippen LogP contribution in [0.2, 0.25) is 0 Å². The highest BCUT2D eigenvalue weighted by Gasteiger charge is 2.39. The van der Waals surface area contributed by atoms with E-state index in [0.717, 1.165) is 22.6 Å². The number of Topliss-reactive ketones (excluding diaryl/α,β-unsaturated/α-hetero) is 1. The number of rotatable bonds is 17. The van der Waals surface area contributed by atoms with Crippen LogP contribution in [0.1, 0.15) is 50.7 Å². The van der Waals surface area contributed by atoms with Gasteiger partial charge in [0.15, 0.2) is 6.61 Å². The molecular weight excluding hydrogens is 506 g/mol. The van der Waals surface area contributed by atoms with Gasteiger partial charge in [0.25, 0.3) is 5.91 Å². The standard InChI is InChI=1S/C29H43NO7S/c1-4-30(5-2)28(34)20-37-29(35)10-7-14-38-15-13-25-24(26(32)18-27(25)33)12-11-23(31)17-21-8-6-9-22(16-21)19-36-3/h6,8-9,11-12,16,23-26,31-32H,4-5,7,10,13-15,17-20H2,1-3H3/t23-,24-,25-,26-/m1/s1. The zero-order valence-corrected chi connectivity index (χ0v) is 23.7. The lowest BCUT2D eigenvalue weighted by molar-refractivity contribution is -0.151. The van der Waals surface area contributed by atoms with E-state index in [4.69, 9.17) is 9.47 Å². The van der Waals surface area contributed by atoms with Crippen LogP contribution in [0, 0.1) is 11.8 Å². The molecule has 1 fully saturated rings. The van der Waals surface area contributed by atoms with Crippen molar-refractivity contribution in [3.8, 4) is 0 Å². The number of aliphatic hydroxyl groups is 2. The summed E-state index contributed by atoms with van der Waals surface area (Å²) in [5.74, 6) is 0.374. The number of carbonyl (C=O) groups excluding carboxylic acids is 3. The minimum Gasteiger partial charge on any atom is -0.456 e. The Kier molecular flexibility index (Phi) is 14.7. The van der Waals surface area contributed by atoms with Gasteiger partial charge in [-0.05, 0) is 49.3 Å². The molecule has 9 heteroatoms. The van der Waals surface area contributed by atoms with Crippen molar-refractivity contribution in [2.45, 2.75) is 64.8 Å².